The number of carbonyl (C=O) groups excluding carboxylic acids is 2. The Morgan fingerprint density at radius 2 is 2.00 bits per heavy atom. The Morgan fingerprint density at radius 1 is 1.29 bits per heavy atom. The number of hydrogen-bond acceptors (Lipinski definition) is 3. The lowest BCUT2D eigenvalue weighted by atomic mass is 9.96. The van der Waals surface area contributed by atoms with Crippen LogP contribution in [0.2, 0.25) is 5.02 Å². The highest BCUT2D eigenvalue weighted by Crippen LogP contribution is 2.40. The number of benzene rings is 2. The predicted octanol–water partition coefficient (Wildman–Crippen LogP) is 3.45. The Morgan fingerprint density at radius 3 is 2.68 bits per heavy atom. The van der Waals surface area contributed by atoms with Gasteiger partial charge in [0.05, 0.1) is 17.1 Å². The summed E-state index contributed by atoms with van der Waals surface area (Å²) in [5.74, 6) is 0.686. The summed E-state index contributed by atoms with van der Waals surface area (Å²) in [6.45, 7) is 5.38. The summed E-state index contributed by atoms with van der Waals surface area (Å²) in [6, 6.07) is 9.37. The van der Waals surface area contributed by atoms with Crippen molar-refractivity contribution < 1.29 is 14.3 Å². The van der Waals surface area contributed by atoms with E-state index in [1.54, 1.807) is 19.2 Å². The van der Waals surface area contributed by atoms with E-state index in [9.17, 15) is 9.59 Å². The van der Waals surface area contributed by atoms with Crippen LogP contribution in [0.5, 0.6) is 5.75 Å². The van der Waals surface area contributed by atoms with Crippen molar-refractivity contribution in [2.45, 2.75) is 26.4 Å². The SMILES string of the molecule is CNC(=O)c1ccc(Cc2cc3c(c(Cl)c2C)O[C@@H]2CN(C[C@@H]2C)C3=O)cc1. The third-order valence-corrected chi connectivity index (χ3v) is 6.20. The van der Waals surface area contributed by atoms with Gasteiger partial charge >= 0.3 is 0 Å². The number of carbonyl (C=O) groups is 2. The fourth-order valence-corrected chi connectivity index (χ4v) is 4.22. The summed E-state index contributed by atoms with van der Waals surface area (Å²) >= 11 is 6.64. The molecule has 5 nitrogen and oxygen atoms in total. The maximum atomic E-state index is 13.0. The van der Waals surface area contributed by atoms with Gasteiger partial charge < -0.3 is 15.0 Å². The van der Waals surface area contributed by atoms with Crippen LogP contribution in [-0.2, 0) is 6.42 Å². The molecule has 2 bridgehead atoms. The molecule has 2 aromatic carbocycles. The summed E-state index contributed by atoms with van der Waals surface area (Å²) < 4.78 is 6.16. The van der Waals surface area contributed by atoms with E-state index in [2.05, 4.69) is 12.2 Å². The van der Waals surface area contributed by atoms with E-state index in [1.807, 2.05) is 30.0 Å². The van der Waals surface area contributed by atoms with Gasteiger partial charge in [-0.2, -0.15) is 0 Å². The lowest BCUT2D eigenvalue weighted by Gasteiger charge is -2.22. The molecule has 2 amide bonds. The van der Waals surface area contributed by atoms with Crippen molar-refractivity contribution in [2.24, 2.45) is 5.92 Å². The van der Waals surface area contributed by atoms with Crippen LogP contribution in [-0.4, -0.2) is 43.0 Å². The molecule has 0 aliphatic carbocycles. The molecule has 2 aliphatic rings. The molecule has 0 unspecified atom stereocenters. The molecule has 1 fully saturated rings. The molecule has 4 rings (SSSR count). The zero-order valence-electron chi connectivity index (χ0n) is 16.2. The van der Waals surface area contributed by atoms with Crippen LogP contribution in [0.4, 0.5) is 0 Å². The second kappa shape index (κ2) is 7.13. The van der Waals surface area contributed by atoms with E-state index in [0.29, 0.717) is 47.3 Å². The second-order valence-corrected chi connectivity index (χ2v) is 8.03. The molecule has 0 aromatic heterocycles. The monoisotopic (exact) mass is 398 g/mol. The molecule has 2 aromatic rings. The molecule has 0 radical (unpaired) electrons. The molecule has 146 valence electrons. The molecule has 2 heterocycles. The van der Waals surface area contributed by atoms with Crippen molar-refractivity contribution in [1.82, 2.24) is 10.2 Å². The van der Waals surface area contributed by atoms with Crippen LogP contribution in [0, 0.1) is 12.8 Å². The average molecular weight is 399 g/mol. The quantitative estimate of drug-likeness (QED) is 0.861. The first-order chi connectivity index (χ1) is 13.4. The number of ether oxygens (including phenoxy) is 1. The average Bonchev–Trinajstić information content (AvgIpc) is 3.00. The van der Waals surface area contributed by atoms with Crippen LogP contribution in [0.1, 0.15) is 44.3 Å². The maximum Gasteiger partial charge on any atom is 0.257 e. The van der Waals surface area contributed by atoms with Gasteiger partial charge in [0, 0.05) is 25.1 Å². The molecule has 1 saturated heterocycles. The minimum Gasteiger partial charge on any atom is -0.486 e. The highest BCUT2D eigenvalue weighted by Gasteiger charge is 2.40. The van der Waals surface area contributed by atoms with Crippen molar-refractivity contribution in [3.05, 3.63) is 63.2 Å². The summed E-state index contributed by atoms with van der Waals surface area (Å²) in [4.78, 5) is 26.6. The van der Waals surface area contributed by atoms with Gasteiger partial charge in [0.2, 0.25) is 0 Å². The summed E-state index contributed by atoms with van der Waals surface area (Å²) in [5, 5.41) is 3.13. The number of fused-ring (bicyclic) bond motifs is 3. The van der Waals surface area contributed by atoms with Gasteiger partial charge in [0.25, 0.3) is 11.8 Å². The zero-order chi connectivity index (χ0) is 20.0. The van der Waals surface area contributed by atoms with Gasteiger partial charge in [-0.3, -0.25) is 9.59 Å². The standard InChI is InChI=1S/C22H23ClN2O3/c1-12-10-25-11-18(12)28-20-17(22(25)27)9-16(13(2)19(20)23)8-14-4-6-15(7-5-14)21(26)24-3/h4-7,9,12,18H,8,10-11H2,1-3H3,(H,24,26)/t12-,18+/m0/s1. The van der Waals surface area contributed by atoms with E-state index in [-0.39, 0.29) is 17.9 Å². The molecule has 2 atom stereocenters. The molecular formula is C22H23ClN2O3. The van der Waals surface area contributed by atoms with Gasteiger partial charge in [-0.1, -0.05) is 30.7 Å². The molecule has 6 heteroatoms. The topological polar surface area (TPSA) is 58.6 Å². The van der Waals surface area contributed by atoms with Crippen LogP contribution in [0.15, 0.2) is 30.3 Å². The molecule has 0 spiro atoms. The van der Waals surface area contributed by atoms with E-state index in [0.717, 1.165) is 16.7 Å². The Bertz CT molecular complexity index is 955. The van der Waals surface area contributed by atoms with Crippen LogP contribution >= 0.6 is 11.6 Å². The van der Waals surface area contributed by atoms with E-state index >= 15 is 0 Å². The third kappa shape index (κ3) is 3.14. The normalized spacial score (nSPS) is 20.4. The second-order valence-electron chi connectivity index (χ2n) is 7.65. The zero-order valence-corrected chi connectivity index (χ0v) is 17.0. The Hall–Kier alpha value is -2.53. The van der Waals surface area contributed by atoms with Crippen molar-refractivity contribution in [3.8, 4) is 5.75 Å². The Balaban J connectivity index is 1.68. The van der Waals surface area contributed by atoms with Gasteiger partial charge in [0.15, 0.2) is 5.75 Å². The van der Waals surface area contributed by atoms with Gasteiger partial charge in [0.1, 0.15) is 6.10 Å². The van der Waals surface area contributed by atoms with Crippen LogP contribution in [0.25, 0.3) is 0 Å². The minimum atomic E-state index is -0.114. The van der Waals surface area contributed by atoms with E-state index < -0.39 is 0 Å². The van der Waals surface area contributed by atoms with Gasteiger partial charge in [-0.05, 0) is 48.2 Å². The number of amides is 2. The van der Waals surface area contributed by atoms with E-state index in [4.69, 9.17) is 16.3 Å². The summed E-state index contributed by atoms with van der Waals surface area (Å²) in [7, 11) is 1.61. The molecule has 0 saturated carbocycles. The number of halogens is 1. The number of nitrogens with zero attached hydrogens (tertiary/aromatic N) is 1. The summed E-state index contributed by atoms with van der Waals surface area (Å²) in [5.41, 5.74) is 4.11. The largest absolute Gasteiger partial charge is 0.486 e. The lowest BCUT2D eigenvalue weighted by molar-refractivity contribution is 0.0789. The first-order valence-electron chi connectivity index (χ1n) is 9.48. The van der Waals surface area contributed by atoms with Crippen molar-refractivity contribution in [1.29, 1.82) is 0 Å². The highest BCUT2D eigenvalue weighted by molar-refractivity contribution is 6.33. The fraction of sp³-hybridized carbons (Fsp3) is 0.364. The Labute approximate surface area is 169 Å². The Kier molecular flexibility index (Phi) is 4.79. The molecule has 1 N–H and O–H groups in total. The molecule has 2 aliphatic heterocycles. The lowest BCUT2D eigenvalue weighted by Crippen LogP contribution is -2.28. The smallest absolute Gasteiger partial charge is 0.257 e. The number of rotatable bonds is 3. The number of hydrogen-bond donors (Lipinski definition) is 1. The van der Waals surface area contributed by atoms with Gasteiger partial charge in [-0.25, -0.2) is 0 Å². The van der Waals surface area contributed by atoms with E-state index in [1.165, 1.54) is 0 Å². The van der Waals surface area contributed by atoms with Crippen molar-refractivity contribution in [3.63, 3.8) is 0 Å². The first-order valence-corrected chi connectivity index (χ1v) is 9.85. The maximum absolute atomic E-state index is 13.0. The van der Waals surface area contributed by atoms with Crippen molar-refractivity contribution >= 4 is 23.4 Å². The number of nitrogens with one attached hydrogen (secondary N) is 1. The minimum absolute atomic E-state index is 0.00907. The fourth-order valence-electron chi connectivity index (χ4n) is 3.95. The van der Waals surface area contributed by atoms with Crippen LogP contribution < -0.4 is 10.1 Å². The third-order valence-electron chi connectivity index (χ3n) is 5.74. The predicted molar refractivity (Wildman–Crippen MR) is 108 cm³/mol. The highest BCUT2D eigenvalue weighted by atomic mass is 35.5. The van der Waals surface area contributed by atoms with Gasteiger partial charge in [-0.15, -0.1) is 0 Å². The molecular weight excluding hydrogens is 376 g/mol. The van der Waals surface area contributed by atoms with Crippen LogP contribution in [0.3, 0.4) is 0 Å². The summed E-state index contributed by atoms with van der Waals surface area (Å²) in [6.07, 6.45) is 0.616. The molecule has 28 heavy (non-hydrogen) atoms. The first kappa shape index (κ1) is 18.8. The van der Waals surface area contributed by atoms with Crippen molar-refractivity contribution in [2.75, 3.05) is 20.1 Å².